The van der Waals surface area contributed by atoms with Crippen molar-refractivity contribution in [2.45, 2.75) is 6.42 Å². The van der Waals surface area contributed by atoms with E-state index in [1.54, 1.807) is 18.2 Å². The minimum absolute atomic E-state index is 0.0635. The lowest BCUT2D eigenvalue weighted by Gasteiger charge is -2.18. The number of fused-ring (bicyclic) bond motifs is 1. The number of para-hydroxylation sites is 1. The monoisotopic (exact) mass is 324 g/mol. The van der Waals surface area contributed by atoms with Crippen LogP contribution in [0, 0.1) is 5.92 Å². The van der Waals surface area contributed by atoms with Gasteiger partial charge in [-0.2, -0.15) is 0 Å². The van der Waals surface area contributed by atoms with E-state index in [2.05, 4.69) is 34.5 Å². The van der Waals surface area contributed by atoms with Crippen LogP contribution >= 0.6 is 0 Å². The summed E-state index contributed by atoms with van der Waals surface area (Å²) in [5.41, 5.74) is 1.86. The number of anilines is 1. The van der Waals surface area contributed by atoms with E-state index in [4.69, 9.17) is 9.47 Å². The molecule has 2 aliphatic heterocycles. The van der Waals surface area contributed by atoms with Crippen LogP contribution in [0.1, 0.15) is 16.8 Å². The summed E-state index contributed by atoms with van der Waals surface area (Å²) in [7, 11) is 0. The molecule has 0 aliphatic carbocycles. The molecule has 124 valence electrons. The summed E-state index contributed by atoms with van der Waals surface area (Å²) in [6, 6.07) is 15.7. The van der Waals surface area contributed by atoms with E-state index in [9.17, 15) is 4.79 Å². The quantitative estimate of drug-likeness (QED) is 0.939. The van der Waals surface area contributed by atoms with Crippen LogP contribution in [0.25, 0.3) is 0 Å². The number of ether oxygens (including phenoxy) is 2. The van der Waals surface area contributed by atoms with Crippen molar-refractivity contribution in [3.05, 3.63) is 54.1 Å². The minimum Gasteiger partial charge on any atom is -0.454 e. The summed E-state index contributed by atoms with van der Waals surface area (Å²) < 4.78 is 10.6. The normalized spacial score (nSPS) is 18.7. The van der Waals surface area contributed by atoms with Gasteiger partial charge in [-0.3, -0.25) is 4.79 Å². The van der Waals surface area contributed by atoms with Crippen molar-refractivity contribution in [1.29, 1.82) is 0 Å². The van der Waals surface area contributed by atoms with E-state index in [1.165, 1.54) is 5.69 Å². The summed E-state index contributed by atoms with van der Waals surface area (Å²) in [6.07, 6.45) is 1.09. The molecule has 0 aromatic heterocycles. The molecular formula is C19H20N2O3. The van der Waals surface area contributed by atoms with Gasteiger partial charge in [0.05, 0.1) is 0 Å². The van der Waals surface area contributed by atoms with E-state index in [0.29, 0.717) is 29.5 Å². The number of carbonyl (C=O) groups excluding carboxylic acids is 1. The number of hydrogen-bond acceptors (Lipinski definition) is 4. The minimum atomic E-state index is -0.0635. The van der Waals surface area contributed by atoms with Crippen molar-refractivity contribution in [3.8, 4) is 11.5 Å². The third kappa shape index (κ3) is 3.02. The van der Waals surface area contributed by atoms with Gasteiger partial charge in [-0.05, 0) is 42.7 Å². The van der Waals surface area contributed by atoms with Crippen molar-refractivity contribution in [2.75, 3.05) is 31.3 Å². The third-order valence-corrected chi connectivity index (χ3v) is 4.59. The summed E-state index contributed by atoms with van der Waals surface area (Å²) in [4.78, 5) is 14.7. The highest BCUT2D eigenvalue weighted by Gasteiger charge is 2.23. The van der Waals surface area contributed by atoms with E-state index in [-0.39, 0.29) is 12.7 Å². The second kappa shape index (κ2) is 6.43. The third-order valence-electron chi connectivity index (χ3n) is 4.59. The van der Waals surface area contributed by atoms with Crippen LogP contribution < -0.4 is 19.7 Å². The molecule has 1 unspecified atom stereocenters. The maximum absolute atomic E-state index is 12.3. The number of rotatable bonds is 4. The Morgan fingerprint density at radius 1 is 1.12 bits per heavy atom. The molecule has 1 N–H and O–H groups in total. The molecule has 24 heavy (non-hydrogen) atoms. The number of carbonyl (C=O) groups is 1. The fraction of sp³-hybridized carbons (Fsp3) is 0.316. The van der Waals surface area contributed by atoms with Crippen LogP contribution in [0.15, 0.2) is 48.5 Å². The Balaban J connectivity index is 1.32. The molecule has 1 amide bonds. The number of hydrogen-bond donors (Lipinski definition) is 1. The summed E-state index contributed by atoms with van der Waals surface area (Å²) >= 11 is 0. The number of benzene rings is 2. The summed E-state index contributed by atoms with van der Waals surface area (Å²) in [5, 5.41) is 3.04. The average Bonchev–Trinajstić information content (AvgIpc) is 3.29. The molecule has 5 nitrogen and oxygen atoms in total. The van der Waals surface area contributed by atoms with Gasteiger partial charge in [0.15, 0.2) is 11.5 Å². The highest BCUT2D eigenvalue weighted by atomic mass is 16.7. The second-order valence-electron chi connectivity index (χ2n) is 6.21. The maximum Gasteiger partial charge on any atom is 0.251 e. The molecule has 2 aliphatic rings. The van der Waals surface area contributed by atoms with Gasteiger partial charge in [0, 0.05) is 30.9 Å². The highest BCUT2D eigenvalue weighted by Crippen LogP contribution is 2.32. The Morgan fingerprint density at radius 2 is 1.96 bits per heavy atom. The Labute approximate surface area is 141 Å². The molecule has 1 fully saturated rings. The molecule has 0 bridgehead atoms. The van der Waals surface area contributed by atoms with E-state index >= 15 is 0 Å². The first-order chi connectivity index (χ1) is 11.8. The van der Waals surface area contributed by atoms with Gasteiger partial charge in [-0.1, -0.05) is 18.2 Å². The SMILES string of the molecule is O=C(NCC1CCN(c2ccccc2)C1)c1ccc2c(c1)OCO2. The fourth-order valence-corrected chi connectivity index (χ4v) is 3.25. The molecule has 0 radical (unpaired) electrons. The lowest BCUT2D eigenvalue weighted by Crippen LogP contribution is -2.31. The number of nitrogens with one attached hydrogen (secondary N) is 1. The van der Waals surface area contributed by atoms with Gasteiger partial charge >= 0.3 is 0 Å². The van der Waals surface area contributed by atoms with Crippen LogP contribution in [-0.2, 0) is 0 Å². The number of amides is 1. The van der Waals surface area contributed by atoms with E-state index < -0.39 is 0 Å². The molecule has 0 spiro atoms. The Morgan fingerprint density at radius 3 is 2.83 bits per heavy atom. The molecule has 2 heterocycles. The maximum atomic E-state index is 12.3. The van der Waals surface area contributed by atoms with Crippen LogP contribution in [-0.4, -0.2) is 32.3 Å². The van der Waals surface area contributed by atoms with Gasteiger partial charge < -0.3 is 19.7 Å². The van der Waals surface area contributed by atoms with Crippen molar-refractivity contribution >= 4 is 11.6 Å². The van der Waals surface area contributed by atoms with Crippen LogP contribution in [0.2, 0.25) is 0 Å². The van der Waals surface area contributed by atoms with E-state index in [0.717, 1.165) is 19.5 Å². The van der Waals surface area contributed by atoms with Crippen molar-refractivity contribution in [2.24, 2.45) is 5.92 Å². The predicted molar refractivity (Wildman–Crippen MR) is 91.7 cm³/mol. The molecule has 1 saturated heterocycles. The van der Waals surface area contributed by atoms with Crippen molar-refractivity contribution in [1.82, 2.24) is 5.32 Å². The first kappa shape index (κ1) is 14.9. The number of nitrogens with zero attached hydrogens (tertiary/aromatic N) is 1. The zero-order valence-electron chi connectivity index (χ0n) is 13.4. The molecule has 2 aromatic carbocycles. The smallest absolute Gasteiger partial charge is 0.251 e. The first-order valence-electron chi connectivity index (χ1n) is 8.27. The zero-order chi connectivity index (χ0) is 16.4. The van der Waals surface area contributed by atoms with Crippen LogP contribution in [0.3, 0.4) is 0 Å². The fourth-order valence-electron chi connectivity index (χ4n) is 3.25. The first-order valence-corrected chi connectivity index (χ1v) is 8.27. The molecule has 5 heteroatoms. The molecule has 1 atom stereocenters. The Bertz CT molecular complexity index is 733. The highest BCUT2D eigenvalue weighted by molar-refractivity contribution is 5.94. The molecule has 2 aromatic rings. The second-order valence-corrected chi connectivity index (χ2v) is 6.21. The van der Waals surface area contributed by atoms with Gasteiger partial charge in [0.1, 0.15) is 0 Å². The summed E-state index contributed by atoms with van der Waals surface area (Å²) in [5.74, 6) is 1.74. The predicted octanol–water partition coefficient (Wildman–Crippen LogP) is 2.67. The van der Waals surface area contributed by atoms with Crippen LogP contribution in [0.5, 0.6) is 11.5 Å². The Hall–Kier alpha value is -2.69. The largest absolute Gasteiger partial charge is 0.454 e. The molecular weight excluding hydrogens is 304 g/mol. The average molecular weight is 324 g/mol. The summed E-state index contributed by atoms with van der Waals surface area (Å²) in [6.45, 7) is 2.93. The molecule has 0 saturated carbocycles. The van der Waals surface area contributed by atoms with Crippen LogP contribution in [0.4, 0.5) is 5.69 Å². The van der Waals surface area contributed by atoms with Gasteiger partial charge in [-0.25, -0.2) is 0 Å². The van der Waals surface area contributed by atoms with Gasteiger partial charge in [0.25, 0.3) is 5.91 Å². The lowest BCUT2D eigenvalue weighted by molar-refractivity contribution is 0.0948. The molecule has 4 rings (SSSR count). The van der Waals surface area contributed by atoms with E-state index in [1.807, 2.05) is 6.07 Å². The Kier molecular flexibility index (Phi) is 3.99. The topological polar surface area (TPSA) is 50.8 Å². The standard InChI is InChI=1S/C19H20N2O3/c22-19(15-6-7-17-18(10-15)24-13-23-17)20-11-14-8-9-21(12-14)16-4-2-1-3-5-16/h1-7,10,14H,8-9,11-13H2,(H,20,22). The van der Waals surface area contributed by atoms with Gasteiger partial charge in [0.2, 0.25) is 6.79 Å². The lowest BCUT2D eigenvalue weighted by atomic mass is 10.1. The van der Waals surface area contributed by atoms with Crippen molar-refractivity contribution < 1.29 is 14.3 Å². The van der Waals surface area contributed by atoms with Gasteiger partial charge in [-0.15, -0.1) is 0 Å². The zero-order valence-corrected chi connectivity index (χ0v) is 13.4. The van der Waals surface area contributed by atoms with Crippen molar-refractivity contribution in [3.63, 3.8) is 0 Å².